The van der Waals surface area contributed by atoms with Crippen LogP contribution in [0.3, 0.4) is 0 Å². The summed E-state index contributed by atoms with van der Waals surface area (Å²) in [6.45, 7) is 2.28. The van der Waals surface area contributed by atoms with Gasteiger partial charge < -0.3 is 9.84 Å². The average molecular weight is 237 g/mol. The van der Waals surface area contributed by atoms with Crippen molar-refractivity contribution in [2.24, 2.45) is 5.92 Å². The standard InChI is InChI=1S/C11H15N3O3/c1-7-3-9(17-2)13-11(12-7)14-5-8(6-15)4-10(14)16/h3,8,15H,4-6H2,1-2H3. The van der Waals surface area contributed by atoms with Gasteiger partial charge in [-0.3, -0.25) is 9.69 Å². The lowest BCUT2D eigenvalue weighted by Crippen LogP contribution is -2.27. The Morgan fingerprint density at radius 1 is 1.59 bits per heavy atom. The summed E-state index contributed by atoms with van der Waals surface area (Å²) >= 11 is 0. The number of aryl methyl sites for hydroxylation is 1. The second kappa shape index (κ2) is 4.67. The number of carbonyl (C=O) groups excluding carboxylic acids is 1. The minimum atomic E-state index is -0.0586. The van der Waals surface area contributed by atoms with Crippen LogP contribution in [0, 0.1) is 12.8 Å². The molecule has 6 heteroatoms. The summed E-state index contributed by atoms with van der Waals surface area (Å²) in [6.07, 6.45) is 0.343. The first-order valence-corrected chi connectivity index (χ1v) is 5.45. The van der Waals surface area contributed by atoms with Crippen LogP contribution >= 0.6 is 0 Å². The van der Waals surface area contributed by atoms with Gasteiger partial charge in [0.1, 0.15) is 0 Å². The molecule has 1 amide bonds. The Labute approximate surface area is 99.2 Å². The van der Waals surface area contributed by atoms with Gasteiger partial charge in [-0.05, 0) is 6.92 Å². The Balaban J connectivity index is 2.28. The molecule has 1 atom stereocenters. The molecule has 1 aliphatic heterocycles. The van der Waals surface area contributed by atoms with E-state index in [4.69, 9.17) is 9.84 Å². The van der Waals surface area contributed by atoms with E-state index in [0.717, 1.165) is 5.69 Å². The zero-order valence-corrected chi connectivity index (χ0v) is 9.88. The topological polar surface area (TPSA) is 75.6 Å². The number of aromatic nitrogens is 2. The zero-order valence-electron chi connectivity index (χ0n) is 9.88. The van der Waals surface area contributed by atoms with Gasteiger partial charge >= 0.3 is 0 Å². The fourth-order valence-electron chi connectivity index (χ4n) is 1.85. The highest BCUT2D eigenvalue weighted by Gasteiger charge is 2.32. The van der Waals surface area contributed by atoms with Gasteiger partial charge in [-0.1, -0.05) is 0 Å². The maximum atomic E-state index is 11.7. The maximum Gasteiger partial charge on any atom is 0.235 e. The van der Waals surface area contributed by atoms with Crippen molar-refractivity contribution in [1.29, 1.82) is 0 Å². The monoisotopic (exact) mass is 237 g/mol. The Morgan fingerprint density at radius 2 is 2.35 bits per heavy atom. The molecule has 1 aliphatic rings. The summed E-state index contributed by atoms with van der Waals surface area (Å²) in [5, 5.41) is 9.06. The number of nitrogens with zero attached hydrogens (tertiary/aromatic N) is 3. The highest BCUT2D eigenvalue weighted by molar-refractivity contribution is 5.94. The van der Waals surface area contributed by atoms with Gasteiger partial charge in [0.25, 0.3) is 0 Å². The minimum absolute atomic E-state index is 0.00515. The molecule has 2 heterocycles. The summed E-state index contributed by atoms with van der Waals surface area (Å²) in [5.41, 5.74) is 0.743. The van der Waals surface area contributed by atoms with E-state index in [2.05, 4.69) is 9.97 Å². The molecule has 1 aromatic rings. The van der Waals surface area contributed by atoms with Crippen LogP contribution < -0.4 is 9.64 Å². The number of aliphatic hydroxyl groups is 1. The van der Waals surface area contributed by atoms with E-state index >= 15 is 0 Å². The molecule has 0 aromatic carbocycles. The number of hydrogen-bond acceptors (Lipinski definition) is 5. The number of amides is 1. The number of methoxy groups -OCH3 is 1. The molecule has 1 fully saturated rings. The number of hydrogen-bond donors (Lipinski definition) is 1. The predicted molar refractivity (Wildman–Crippen MR) is 60.9 cm³/mol. The van der Waals surface area contributed by atoms with E-state index < -0.39 is 0 Å². The van der Waals surface area contributed by atoms with Crippen LogP contribution in [0.4, 0.5) is 5.95 Å². The summed E-state index contributed by atoms with van der Waals surface area (Å²) < 4.78 is 5.05. The van der Waals surface area contributed by atoms with E-state index in [9.17, 15) is 4.79 Å². The molecule has 0 bridgehead atoms. The third-order valence-electron chi connectivity index (χ3n) is 2.73. The van der Waals surface area contributed by atoms with Gasteiger partial charge in [0.05, 0.1) is 7.11 Å². The second-order valence-electron chi connectivity index (χ2n) is 4.11. The Bertz CT molecular complexity index is 436. The molecule has 92 valence electrons. The van der Waals surface area contributed by atoms with Gasteiger partial charge in [-0.25, -0.2) is 4.98 Å². The second-order valence-corrected chi connectivity index (χ2v) is 4.11. The number of carbonyl (C=O) groups is 1. The van der Waals surface area contributed by atoms with Crippen LogP contribution in [-0.2, 0) is 4.79 Å². The van der Waals surface area contributed by atoms with Crippen molar-refractivity contribution < 1.29 is 14.6 Å². The summed E-state index contributed by atoms with van der Waals surface area (Å²) in [6, 6.07) is 1.70. The zero-order chi connectivity index (χ0) is 12.4. The smallest absolute Gasteiger partial charge is 0.235 e. The molecular weight excluding hydrogens is 222 g/mol. The number of rotatable bonds is 3. The molecule has 1 unspecified atom stereocenters. The van der Waals surface area contributed by atoms with E-state index in [0.29, 0.717) is 24.8 Å². The molecule has 0 saturated carbocycles. The van der Waals surface area contributed by atoms with E-state index in [1.165, 1.54) is 12.0 Å². The van der Waals surface area contributed by atoms with Crippen molar-refractivity contribution in [3.05, 3.63) is 11.8 Å². The quantitative estimate of drug-likeness (QED) is 0.809. The molecule has 0 radical (unpaired) electrons. The van der Waals surface area contributed by atoms with Gasteiger partial charge in [0.15, 0.2) is 0 Å². The minimum Gasteiger partial charge on any atom is -0.481 e. The van der Waals surface area contributed by atoms with Crippen LogP contribution in [0.5, 0.6) is 5.88 Å². The highest BCUT2D eigenvalue weighted by atomic mass is 16.5. The van der Waals surface area contributed by atoms with Crippen molar-refractivity contribution in [2.45, 2.75) is 13.3 Å². The van der Waals surface area contributed by atoms with E-state index in [1.54, 1.807) is 6.07 Å². The molecule has 1 saturated heterocycles. The lowest BCUT2D eigenvalue weighted by molar-refractivity contribution is -0.117. The van der Waals surface area contributed by atoms with Crippen LogP contribution in [0.2, 0.25) is 0 Å². The van der Waals surface area contributed by atoms with Crippen molar-refractivity contribution in [3.63, 3.8) is 0 Å². The van der Waals surface area contributed by atoms with Gasteiger partial charge in [-0.2, -0.15) is 4.98 Å². The average Bonchev–Trinajstić information content (AvgIpc) is 2.69. The van der Waals surface area contributed by atoms with Gasteiger partial charge in [0.2, 0.25) is 17.7 Å². The number of aliphatic hydroxyl groups excluding tert-OH is 1. The lowest BCUT2D eigenvalue weighted by atomic mass is 10.1. The first-order valence-electron chi connectivity index (χ1n) is 5.45. The summed E-state index contributed by atoms with van der Waals surface area (Å²) in [4.78, 5) is 21.6. The first-order chi connectivity index (χ1) is 8.13. The van der Waals surface area contributed by atoms with Gasteiger partial charge in [-0.15, -0.1) is 0 Å². The molecule has 0 spiro atoms. The van der Waals surface area contributed by atoms with Crippen molar-refractivity contribution >= 4 is 11.9 Å². The Morgan fingerprint density at radius 3 is 2.94 bits per heavy atom. The largest absolute Gasteiger partial charge is 0.481 e. The molecule has 0 aliphatic carbocycles. The number of anilines is 1. The first kappa shape index (κ1) is 11.8. The molecule has 6 nitrogen and oxygen atoms in total. The van der Waals surface area contributed by atoms with Crippen LogP contribution in [0.1, 0.15) is 12.1 Å². The maximum absolute atomic E-state index is 11.7. The van der Waals surface area contributed by atoms with Crippen molar-refractivity contribution in [1.82, 2.24) is 9.97 Å². The summed E-state index contributed by atoms with van der Waals surface area (Å²) in [7, 11) is 1.52. The fraction of sp³-hybridized carbons (Fsp3) is 0.545. The molecular formula is C11H15N3O3. The molecule has 2 rings (SSSR count). The predicted octanol–water partition coefficient (Wildman–Crippen LogP) is 0.139. The fourth-order valence-corrected chi connectivity index (χ4v) is 1.85. The SMILES string of the molecule is COc1cc(C)nc(N2CC(CO)CC2=O)n1. The van der Waals surface area contributed by atoms with Crippen LogP contribution in [0.15, 0.2) is 6.07 Å². The molecule has 1 N–H and O–H groups in total. The Kier molecular flexibility index (Phi) is 3.23. The number of ether oxygens (including phenoxy) is 1. The normalized spacial score (nSPS) is 19.8. The van der Waals surface area contributed by atoms with Crippen LogP contribution in [0.25, 0.3) is 0 Å². The lowest BCUT2D eigenvalue weighted by Gasteiger charge is -2.15. The third kappa shape index (κ3) is 2.36. The Hall–Kier alpha value is -1.69. The van der Waals surface area contributed by atoms with Gasteiger partial charge in [0, 0.05) is 37.3 Å². The van der Waals surface area contributed by atoms with E-state index in [1.807, 2.05) is 6.92 Å². The highest BCUT2D eigenvalue weighted by Crippen LogP contribution is 2.23. The third-order valence-corrected chi connectivity index (χ3v) is 2.73. The van der Waals surface area contributed by atoms with Crippen molar-refractivity contribution in [2.75, 3.05) is 25.2 Å². The van der Waals surface area contributed by atoms with E-state index in [-0.39, 0.29) is 18.4 Å². The summed E-state index contributed by atoms with van der Waals surface area (Å²) in [5.74, 6) is 0.699. The molecule has 1 aromatic heterocycles. The van der Waals surface area contributed by atoms with Crippen LogP contribution in [-0.4, -0.2) is 41.2 Å². The molecule has 17 heavy (non-hydrogen) atoms. The van der Waals surface area contributed by atoms with Crippen molar-refractivity contribution in [3.8, 4) is 5.88 Å².